The van der Waals surface area contributed by atoms with Gasteiger partial charge in [0.05, 0.1) is 10.5 Å². The first-order valence-electron chi connectivity index (χ1n) is 9.80. The quantitative estimate of drug-likeness (QED) is 0.265. The van der Waals surface area contributed by atoms with E-state index < -0.39 is 11.1 Å². The van der Waals surface area contributed by atoms with Crippen LogP contribution in [0.1, 0.15) is 22.3 Å². The molecule has 5 rings (SSSR count). The maximum absolute atomic E-state index is 13.4. The number of carbonyl (C=O) groups is 1. The van der Waals surface area contributed by atoms with Crippen LogP contribution in [0.5, 0.6) is 0 Å². The predicted molar refractivity (Wildman–Crippen MR) is 125 cm³/mol. The fourth-order valence-corrected chi connectivity index (χ4v) is 3.99. The van der Waals surface area contributed by atoms with E-state index in [0.29, 0.717) is 22.6 Å². The number of fused-ring (bicyclic) bond motifs is 1. The molecule has 1 atom stereocenters. The Bertz CT molecular complexity index is 1320. The minimum Gasteiger partial charge on any atom is -0.457 e. The number of furan rings is 1. The van der Waals surface area contributed by atoms with Crippen molar-refractivity contribution in [2.45, 2.75) is 6.17 Å². The number of nitro benzene ring substituents is 1. The third kappa shape index (κ3) is 3.54. The number of nitro groups is 1. The number of benzene rings is 3. The van der Waals surface area contributed by atoms with Gasteiger partial charge in [0.15, 0.2) is 6.17 Å². The standard InChI is InChI=1S/C24H16BrN3O4/c25-16-7-11-17(12-8-16)27-23(26-20-4-2-1-3-19(20)24(27)29)22-14-13-21(32-22)15-5-9-18(10-6-15)28(30)31/h1-14,23,26H/t23-/m0/s1. The van der Waals surface area contributed by atoms with Crippen molar-refractivity contribution >= 4 is 38.9 Å². The van der Waals surface area contributed by atoms with Gasteiger partial charge in [-0.3, -0.25) is 19.8 Å². The van der Waals surface area contributed by atoms with E-state index in [0.717, 1.165) is 15.8 Å². The number of non-ortho nitro benzene ring substituents is 1. The first-order chi connectivity index (χ1) is 15.5. The van der Waals surface area contributed by atoms with Crippen LogP contribution in [0, 0.1) is 10.1 Å². The summed E-state index contributed by atoms with van der Waals surface area (Å²) in [5.41, 5.74) is 2.74. The minimum atomic E-state index is -0.564. The number of anilines is 2. The summed E-state index contributed by atoms with van der Waals surface area (Å²) in [6.07, 6.45) is -0.564. The Morgan fingerprint density at radius 2 is 1.66 bits per heavy atom. The number of halogens is 1. The van der Waals surface area contributed by atoms with Gasteiger partial charge in [-0.25, -0.2) is 0 Å². The lowest BCUT2D eigenvalue weighted by Crippen LogP contribution is -2.43. The van der Waals surface area contributed by atoms with Gasteiger partial charge in [-0.2, -0.15) is 0 Å². The summed E-state index contributed by atoms with van der Waals surface area (Å²) in [6.45, 7) is 0. The number of hydrogen-bond acceptors (Lipinski definition) is 5. The Morgan fingerprint density at radius 1 is 0.938 bits per heavy atom. The van der Waals surface area contributed by atoms with Crippen molar-refractivity contribution in [3.8, 4) is 11.3 Å². The number of amides is 1. The molecule has 0 spiro atoms. The van der Waals surface area contributed by atoms with Crippen LogP contribution in [0.25, 0.3) is 11.3 Å². The van der Waals surface area contributed by atoms with E-state index in [1.165, 1.54) is 12.1 Å². The van der Waals surface area contributed by atoms with Gasteiger partial charge in [0, 0.05) is 33.5 Å². The summed E-state index contributed by atoms with van der Waals surface area (Å²) in [5, 5.41) is 14.3. The molecule has 1 amide bonds. The Labute approximate surface area is 191 Å². The Hall–Kier alpha value is -3.91. The molecule has 4 aromatic rings. The topological polar surface area (TPSA) is 88.6 Å². The van der Waals surface area contributed by atoms with Gasteiger partial charge in [0.25, 0.3) is 11.6 Å². The second-order valence-corrected chi connectivity index (χ2v) is 8.17. The molecule has 3 aromatic carbocycles. The molecular weight excluding hydrogens is 474 g/mol. The summed E-state index contributed by atoms with van der Waals surface area (Å²) in [7, 11) is 0. The molecule has 7 nitrogen and oxygen atoms in total. The number of nitrogens with one attached hydrogen (secondary N) is 1. The molecule has 1 aromatic heterocycles. The maximum atomic E-state index is 13.4. The van der Waals surface area contributed by atoms with E-state index in [4.69, 9.17) is 4.42 Å². The molecule has 1 aliphatic rings. The van der Waals surface area contributed by atoms with E-state index >= 15 is 0 Å². The number of rotatable bonds is 4. The number of nitrogens with zero attached hydrogens (tertiary/aromatic N) is 2. The highest BCUT2D eigenvalue weighted by Crippen LogP contribution is 2.38. The summed E-state index contributed by atoms with van der Waals surface area (Å²) in [4.78, 5) is 25.6. The van der Waals surface area contributed by atoms with E-state index in [1.54, 1.807) is 29.2 Å². The molecule has 1 aliphatic heterocycles. The van der Waals surface area contributed by atoms with E-state index in [-0.39, 0.29) is 11.6 Å². The van der Waals surface area contributed by atoms with Crippen LogP contribution in [0.3, 0.4) is 0 Å². The predicted octanol–water partition coefficient (Wildman–Crippen LogP) is 6.39. The summed E-state index contributed by atoms with van der Waals surface area (Å²) >= 11 is 3.43. The van der Waals surface area contributed by atoms with Crippen molar-refractivity contribution in [2.24, 2.45) is 0 Å². The smallest absolute Gasteiger partial charge is 0.269 e. The lowest BCUT2D eigenvalue weighted by Gasteiger charge is -2.36. The third-order valence-corrected chi connectivity index (χ3v) is 5.82. The Kier molecular flexibility index (Phi) is 4.99. The van der Waals surface area contributed by atoms with E-state index in [1.807, 2.05) is 48.5 Å². The SMILES string of the molecule is O=C1c2ccccc2N[C@H](c2ccc(-c3ccc([N+](=O)[O-])cc3)o2)N1c1ccc(Br)cc1. The van der Waals surface area contributed by atoms with Gasteiger partial charge in [0.2, 0.25) is 0 Å². The monoisotopic (exact) mass is 489 g/mol. The average molecular weight is 490 g/mol. The van der Waals surface area contributed by atoms with Crippen molar-refractivity contribution in [2.75, 3.05) is 10.2 Å². The van der Waals surface area contributed by atoms with Crippen molar-refractivity contribution in [1.82, 2.24) is 0 Å². The lowest BCUT2D eigenvalue weighted by molar-refractivity contribution is -0.384. The highest BCUT2D eigenvalue weighted by molar-refractivity contribution is 9.10. The summed E-state index contributed by atoms with van der Waals surface area (Å²) < 4.78 is 7.02. The van der Waals surface area contributed by atoms with Crippen molar-refractivity contribution < 1.29 is 14.1 Å². The Morgan fingerprint density at radius 3 is 2.38 bits per heavy atom. The van der Waals surface area contributed by atoms with Gasteiger partial charge < -0.3 is 9.73 Å². The van der Waals surface area contributed by atoms with Gasteiger partial charge in [-0.15, -0.1) is 0 Å². The fraction of sp³-hybridized carbons (Fsp3) is 0.0417. The molecule has 32 heavy (non-hydrogen) atoms. The van der Waals surface area contributed by atoms with E-state index in [2.05, 4.69) is 21.2 Å². The van der Waals surface area contributed by atoms with Crippen LogP contribution in [-0.2, 0) is 0 Å². The minimum absolute atomic E-state index is 0.0121. The molecule has 158 valence electrons. The van der Waals surface area contributed by atoms with Crippen LogP contribution in [0.2, 0.25) is 0 Å². The molecule has 0 aliphatic carbocycles. The van der Waals surface area contributed by atoms with E-state index in [9.17, 15) is 14.9 Å². The van der Waals surface area contributed by atoms with Gasteiger partial charge >= 0.3 is 0 Å². The molecular formula is C24H16BrN3O4. The highest BCUT2D eigenvalue weighted by Gasteiger charge is 2.35. The normalized spacial score (nSPS) is 15.2. The number of hydrogen-bond donors (Lipinski definition) is 1. The Balaban J connectivity index is 1.55. The third-order valence-electron chi connectivity index (χ3n) is 5.29. The average Bonchev–Trinajstić information content (AvgIpc) is 3.30. The van der Waals surface area contributed by atoms with Crippen LogP contribution in [-0.4, -0.2) is 10.8 Å². The first-order valence-corrected chi connectivity index (χ1v) is 10.6. The second kappa shape index (κ2) is 7.97. The van der Waals surface area contributed by atoms with Crippen LogP contribution in [0.15, 0.2) is 93.8 Å². The molecule has 0 saturated heterocycles. The van der Waals surface area contributed by atoms with Crippen molar-refractivity contribution in [3.63, 3.8) is 0 Å². The second-order valence-electron chi connectivity index (χ2n) is 7.25. The molecule has 1 N–H and O–H groups in total. The number of carbonyl (C=O) groups excluding carboxylic acids is 1. The van der Waals surface area contributed by atoms with Crippen LogP contribution >= 0.6 is 15.9 Å². The van der Waals surface area contributed by atoms with Crippen molar-refractivity contribution in [3.05, 3.63) is 111 Å². The molecule has 0 fully saturated rings. The van der Waals surface area contributed by atoms with Crippen LogP contribution < -0.4 is 10.2 Å². The zero-order valence-electron chi connectivity index (χ0n) is 16.6. The highest BCUT2D eigenvalue weighted by atomic mass is 79.9. The molecule has 0 saturated carbocycles. The molecule has 2 heterocycles. The van der Waals surface area contributed by atoms with Gasteiger partial charge in [0.1, 0.15) is 11.5 Å². The molecule has 0 radical (unpaired) electrons. The molecule has 8 heteroatoms. The van der Waals surface area contributed by atoms with Gasteiger partial charge in [-0.1, -0.05) is 28.1 Å². The van der Waals surface area contributed by atoms with Crippen LogP contribution in [0.4, 0.5) is 17.1 Å². The van der Waals surface area contributed by atoms with Crippen molar-refractivity contribution in [1.29, 1.82) is 0 Å². The lowest BCUT2D eigenvalue weighted by atomic mass is 10.1. The fourth-order valence-electron chi connectivity index (χ4n) is 3.72. The van der Waals surface area contributed by atoms with Gasteiger partial charge in [-0.05, 0) is 60.7 Å². The maximum Gasteiger partial charge on any atom is 0.269 e. The zero-order valence-corrected chi connectivity index (χ0v) is 18.2. The largest absolute Gasteiger partial charge is 0.457 e. The zero-order chi connectivity index (χ0) is 22.2. The summed E-state index contributed by atoms with van der Waals surface area (Å²) in [6, 6.07) is 24.6. The summed E-state index contributed by atoms with van der Waals surface area (Å²) in [5.74, 6) is 0.961. The number of para-hydroxylation sites is 1. The first kappa shape index (κ1) is 20.0. The molecule has 0 bridgehead atoms. The molecule has 0 unspecified atom stereocenters.